The Morgan fingerprint density at radius 3 is 3.00 bits per heavy atom. The van der Waals surface area contributed by atoms with Gasteiger partial charge in [-0.15, -0.1) is 0 Å². The van der Waals surface area contributed by atoms with Crippen LogP contribution in [0, 0.1) is 0 Å². The Labute approximate surface area is 110 Å². The molecule has 0 fully saturated rings. The second-order valence-electron chi connectivity index (χ2n) is 3.99. The van der Waals surface area contributed by atoms with E-state index in [1.54, 1.807) is 18.3 Å². The van der Waals surface area contributed by atoms with Gasteiger partial charge in [-0.3, -0.25) is 9.78 Å². The molecule has 0 radical (unpaired) electrons. The monoisotopic (exact) mass is 258 g/mol. The molecule has 0 bridgehead atoms. The standard InChI is InChI=1S/C14H14N2O3/c1-9(19-2)8-16-14(18)11-5-6-15-13-4-3-10(17)7-12(11)13/h3-7,17H,1,8H2,2H3,(H,16,18). The van der Waals surface area contributed by atoms with Crippen molar-refractivity contribution in [1.82, 2.24) is 10.3 Å². The van der Waals surface area contributed by atoms with E-state index in [4.69, 9.17) is 4.74 Å². The molecule has 0 spiro atoms. The van der Waals surface area contributed by atoms with Crippen molar-refractivity contribution in [3.05, 3.63) is 48.4 Å². The lowest BCUT2D eigenvalue weighted by Gasteiger charge is -2.09. The zero-order chi connectivity index (χ0) is 13.8. The van der Waals surface area contributed by atoms with E-state index in [1.165, 1.54) is 19.2 Å². The maximum atomic E-state index is 12.1. The highest BCUT2D eigenvalue weighted by Gasteiger charge is 2.11. The van der Waals surface area contributed by atoms with Crippen LogP contribution < -0.4 is 5.32 Å². The molecule has 1 amide bonds. The topological polar surface area (TPSA) is 71.5 Å². The maximum absolute atomic E-state index is 12.1. The Morgan fingerprint density at radius 1 is 1.47 bits per heavy atom. The zero-order valence-electron chi connectivity index (χ0n) is 10.5. The average molecular weight is 258 g/mol. The van der Waals surface area contributed by atoms with Crippen molar-refractivity contribution in [2.75, 3.05) is 13.7 Å². The number of aromatic hydroxyl groups is 1. The van der Waals surface area contributed by atoms with Crippen molar-refractivity contribution >= 4 is 16.8 Å². The lowest BCUT2D eigenvalue weighted by molar-refractivity contribution is 0.0952. The summed E-state index contributed by atoms with van der Waals surface area (Å²) >= 11 is 0. The first-order chi connectivity index (χ1) is 9.11. The SMILES string of the molecule is C=C(CNC(=O)c1ccnc2ccc(O)cc12)OC. The van der Waals surface area contributed by atoms with Gasteiger partial charge in [-0.2, -0.15) is 0 Å². The van der Waals surface area contributed by atoms with Gasteiger partial charge in [-0.25, -0.2) is 0 Å². The smallest absolute Gasteiger partial charge is 0.252 e. The molecule has 0 aliphatic heterocycles. The Hall–Kier alpha value is -2.56. The zero-order valence-corrected chi connectivity index (χ0v) is 10.5. The lowest BCUT2D eigenvalue weighted by atomic mass is 10.1. The molecule has 98 valence electrons. The molecule has 19 heavy (non-hydrogen) atoms. The molecule has 1 heterocycles. The van der Waals surface area contributed by atoms with Gasteiger partial charge in [0.2, 0.25) is 0 Å². The minimum Gasteiger partial charge on any atom is -0.508 e. The third-order valence-corrected chi connectivity index (χ3v) is 2.70. The molecule has 0 saturated carbocycles. The Morgan fingerprint density at radius 2 is 2.26 bits per heavy atom. The van der Waals surface area contributed by atoms with Gasteiger partial charge in [0.15, 0.2) is 0 Å². The number of benzene rings is 1. The van der Waals surface area contributed by atoms with Crippen LogP contribution in [0.4, 0.5) is 0 Å². The Balaban J connectivity index is 2.31. The molecule has 2 N–H and O–H groups in total. The number of hydrogen-bond acceptors (Lipinski definition) is 4. The molecule has 0 saturated heterocycles. The van der Waals surface area contributed by atoms with E-state index in [0.717, 1.165) is 0 Å². The van der Waals surface area contributed by atoms with E-state index in [1.807, 2.05) is 0 Å². The fourth-order valence-corrected chi connectivity index (χ4v) is 1.68. The summed E-state index contributed by atoms with van der Waals surface area (Å²) in [5.41, 5.74) is 1.10. The van der Waals surface area contributed by atoms with Gasteiger partial charge in [0.05, 0.1) is 24.7 Å². The van der Waals surface area contributed by atoms with E-state index in [9.17, 15) is 9.90 Å². The van der Waals surface area contributed by atoms with E-state index in [0.29, 0.717) is 22.2 Å². The highest BCUT2D eigenvalue weighted by Crippen LogP contribution is 2.21. The first-order valence-corrected chi connectivity index (χ1v) is 5.69. The van der Waals surface area contributed by atoms with Gasteiger partial charge in [-0.1, -0.05) is 6.58 Å². The van der Waals surface area contributed by atoms with Gasteiger partial charge in [-0.05, 0) is 24.3 Å². The van der Waals surface area contributed by atoms with Crippen LogP contribution in [0.3, 0.4) is 0 Å². The molecule has 0 aliphatic rings. The predicted molar refractivity (Wildman–Crippen MR) is 71.9 cm³/mol. The van der Waals surface area contributed by atoms with Crippen LogP contribution in [0.25, 0.3) is 10.9 Å². The molecule has 5 nitrogen and oxygen atoms in total. The van der Waals surface area contributed by atoms with Crippen LogP contribution in [0.1, 0.15) is 10.4 Å². The number of fused-ring (bicyclic) bond motifs is 1. The molecule has 0 atom stereocenters. The van der Waals surface area contributed by atoms with Gasteiger partial charge >= 0.3 is 0 Å². The maximum Gasteiger partial charge on any atom is 0.252 e. The van der Waals surface area contributed by atoms with Gasteiger partial charge in [0.25, 0.3) is 5.91 Å². The van der Waals surface area contributed by atoms with E-state index in [2.05, 4.69) is 16.9 Å². The van der Waals surface area contributed by atoms with Crippen LogP contribution in [0.15, 0.2) is 42.8 Å². The Kier molecular flexibility index (Phi) is 3.66. The van der Waals surface area contributed by atoms with Crippen molar-refractivity contribution in [3.8, 4) is 5.75 Å². The third-order valence-electron chi connectivity index (χ3n) is 2.70. The molecule has 2 rings (SSSR count). The number of phenolic OH excluding ortho intramolecular Hbond substituents is 1. The summed E-state index contributed by atoms with van der Waals surface area (Å²) < 4.78 is 4.88. The number of pyridine rings is 1. The van der Waals surface area contributed by atoms with Crippen LogP contribution >= 0.6 is 0 Å². The normalized spacial score (nSPS) is 10.2. The number of nitrogens with zero attached hydrogens (tertiary/aromatic N) is 1. The quantitative estimate of drug-likeness (QED) is 0.821. The summed E-state index contributed by atoms with van der Waals surface area (Å²) in [6, 6.07) is 6.31. The minimum atomic E-state index is -0.267. The number of ether oxygens (including phenoxy) is 1. The fraction of sp³-hybridized carbons (Fsp3) is 0.143. The summed E-state index contributed by atoms with van der Waals surface area (Å²) in [7, 11) is 1.49. The number of phenols is 1. The van der Waals surface area contributed by atoms with Crippen molar-refractivity contribution in [3.63, 3.8) is 0 Å². The lowest BCUT2D eigenvalue weighted by Crippen LogP contribution is -2.26. The number of aromatic nitrogens is 1. The molecular weight excluding hydrogens is 244 g/mol. The molecule has 0 unspecified atom stereocenters. The fourth-order valence-electron chi connectivity index (χ4n) is 1.68. The van der Waals surface area contributed by atoms with E-state index in [-0.39, 0.29) is 18.2 Å². The largest absolute Gasteiger partial charge is 0.508 e. The molecule has 2 aromatic rings. The Bertz CT molecular complexity index is 638. The molecule has 0 aliphatic carbocycles. The second kappa shape index (κ2) is 5.39. The van der Waals surface area contributed by atoms with Crippen molar-refractivity contribution in [2.45, 2.75) is 0 Å². The predicted octanol–water partition coefficient (Wildman–Crippen LogP) is 1.83. The van der Waals surface area contributed by atoms with Crippen LogP contribution in [0.5, 0.6) is 5.75 Å². The molecule has 1 aromatic carbocycles. The number of hydrogen-bond donors (Lipinski definition) is 2. The highest BCUT2D eigenvalue weighted by molar-refractivity contribution is 6.06. The number of rotatable bonds is 4. The number of amides is 1. The van der Waals surface area contributed by atoms with Gasteiger partial charge < -0.3 is 15.2 Å². The minimum absolute atomic E-state index is 0.0934. The summed E-state index contributed by atoms with van der Waals surface area (Å²) in [5.74, 6) is 0.293. The van der Waals surface area contributed by atoms with E-state index < -0.39 is 0 Å². The van der Waals surface area contributed by atoms with Gasteiger partial charge in [0, 0.05) is 11.6 Å². The number of carbonyl (C=O) groups is 1. The van der Waals surface area contributed by atoms with Crippen molar-refractivity contribution < 1.29 is 14.6 Å². The first-order valence-electron chi connectivity index (χ1n) is 5.69. The second-order valence-corrected chi connectivity index (χ2v) is 3.99. The molecular formula is C14H14N2O3. The van der Waals surface area contributed by atoms with E-state index >= 15 is 0 Å². The number of methoxy groups -OCH3 is 1. The summed E-state index contributed by atoms with van der Waals surface area (Å²) in [5, 5.41) is 12.8. The summed E-state index contributed by atoms with van der Waals surface area (Å²) in [6.07, 6.45) is 1.55. The number of nitrogens with one attached hydrogen (secondary N) is 1. The third kappa shape index (κ3) is 2.82. The molecule has 5 heteroatoms. The summed E-state index contributed by atoms with van der Waals surface area (Å²) in [6.45, 7) is 3.86. The van der Waals surface area contributed by atoms with Gasteiger partial charge in [0.1, 0.15) is 11.5 Å². The molecule has 1 aromatic heterocycles. The van der Waals surface area contributed by atoms with Crippen molar-refractivity contribution in [1.29, 1.82) is 0 Å². The van der Waals surface area contributed by atoms with Crippen LogP contribution in [-0.2, 0) is 4.74 Å². The average Bonchev–Trinajstić information content (AvgIpc) is 2.43. The first kappa shape index (κ1) is 12.9. The van der Waals surface area contributed by atoms with Crippen molar-refractivity contribution in [2.24, 2.45) is 0 Å². The number of carbonyl (C=O) groups excluding carboxylic acids is 1. The highest BCUT2D eigenvalue weighted by atomic mass is 16.5. The van der Waals surface area contributed by atoms with Crippen LogP contribution in [-0.4, -0.2) is 29.7 Å². The van der Waals surface area contributed by atoms with Crippen LogP contribution in [0.2, 0.25) is 0 Å². The summed E-state index contributed by atoms with van der Waals surface area (Å²) in [4.78, 5) is 16.2.